The summed E-state index contributed by atoms with van der Waals surface area (Å²) < 4.78 is 5.26. The summed E-state index contributed by atoms with van der Waals surface area (Å²) in [4.78, 5) is 73.2. The van der Waals surface area contributed by atoms with E-state index in [0.717, 1.165) is 5.56 Å². The summed E-state index contributed by atoms with van der Waals surface area (Å²) in [7, 11) is 0. The number of benzene rings is 1. The van der Waals surface area contributed by atoms with Gasteiger partial charge < -0.3 is 26.0 Å². The minimum Gasteiger partial charge on any atom is -0.445 e. The van der Waals surface area contributed by atoms with Crippen molar-refractivity contribution in [1.29, 1.82) is 0 Å². The molecule has 4 amide bonds. The van der Waals surface area contributed by atoms with E-state index in [2.05, 4.69) is 31.2 Å². The van der Waals surface area contributed by atoms with E-state index in [9.17, 15) is 24.0 Å². The molecule has 2 aromatic rings. The van der Waals surface area contributed by atoms with Gasteiger partial charge >= 0.3 is 6.09 Å². The zero-order valence-corrected chi connectivity index (χ0v) is 23.8. The normalized spacial score (nSPS) is 16.8. The van der Waals surface area contributed by atoms with Gasteiger partial charge in [-0.3, -0.25) is 29.1 Å². The van der Waals surface area contributed by atoms with Gasteiger partial charge in [-0.2, -0.15) is 0 Å². The van der Waals surface area contributed by atoms with Gasteiger partial charge in [0.1, 0.15) is 24.7 Å². The molecular weight excluding hydrogens is 528 g/mol. The molecule has 0 saturated carbocycles. The summed E-state index contributed by atoms with van der Waals surface area (Å²) in [5.74, 6) is -3.16. The summed E-state index contributed by atoms with van der Waals surface area (Å²) >= 11 is 0. The Kier molecular flexibility index (Phi) is 11.3. The predicted molar refractivity (Wildman–Crippen MR) is 149 cm³/mol. The van der Waals surface area contributed by atoms with E-state index in [4.69, 9.17) is 4.74 Å². The Hall–Kier alpha value is -4.35. The van der Waals surface area contributed by atoms with Gasteiger partial charge in [0, 0.05) is 31.8 Å². The smallest absolute Gasteiger partial charge is 0.408 e. The summed E-state index contributed by atoms with van der Waals surface area (Å²) in [5, 5.41) is 10.5. The van der Waals surface area contributed by atoms with Crippen LogP contribution in [0.1, 0.15) is 51.1 Å². The third-order valence-electron chi connectivity index (χ3n) is 6.45. The number of aromatic nitrogens is 2. The number of hydrogen-bond acceptors (Lipinski definition) is 8. The number of rotatable bonds is 10. The van der Waals surface area contributed by atoms with E-state index in [0.29, 0.717) is 17.8 Å². The Morgan fingerprint density at radius 2 is 1.71 bits per heavy atom. The van der Waals surface area contributed by atoms with Crippen molar-refractivity contribution in [3.8, 4) is 0 Å². The molecule has 0 aliphatic carbocycles. The van der Waals surface area contributed by atoms with Gasteiger partial charge in [-0.1, -0.05) is 58.0 Å². The SMILES string of the molecule is CC(C)CC(NC(=O)C(NC(=O)OCc1ccccc1)C(C)C)C(=O)NC1Cc2cncc(n2)CCNC(=O)C1=O. The minimum absolute atomic E-state index is 0.00191. The molecule has 41 heavy (non-hydrogen) atoms. The molecule has 12 nitrogen and oxygen atoms in total. The Labute approximate surface area is 239 Å². The van der Waals surface area contributed by atoms with Crippen molar-refractivity contribution in [2.75, 3.05) is 6.54 Å². The Morgan fingerprint density at radius 3 is 2.39 bits per heavy atom. The first-order valence-corrected chi connectivity index (χ1v) is 13.7. The van der Waals surface area contributed by atoms with Crippen molar-refractivity contribution in [1.82, 2.24) is 31.2 Å². The standard InChI is InChI=1S/C29H38N6O6/c1-17(2)12-23(34-27(38)24(18(3)4)35-29(40)41-16-19-8-6-5-7-9-19)26(37)33-22-13-21-15-30-14-20(32-21)10-11-31-28(39)25(22)36/h5-9,14-15,17-18,22-24H,10-13,16H2,1-4H3,(H,31,39)(H,33,37)(H,34,38)(H,35,40). The lowest BCUT2D eigenvalue weighted by Crippen LogP contribution is -2.58. The summed E-state index contributed by atoms with van der Waals surface area (Å²) in [6, 6.07) is 5.90. The van der Waals surface area contributed by atoms with Crippen LogP contribution in [-0.2, 0) is 43.4 Å². The van der Waals surface area contributed by atoms with E-state index in [1.54, 1.807) is 20.0 Å². The Morgan fingerprint density at radius 1 is 1.00 bits per heavy atom. The molecule has 0 spiro atoms. The first-order chi connectivity index (χ1) is 19.5. The van der Waals surface area contributed by atoms with Gasteiger partial charge in [-0.05, 0) is 23.8 Å². The Balaban J connectivity index is 1.70. The lowest BCUT2D eigenvalue weighted by atomic mass is 9.99. The van der Waals surface area contributed by atoms with Crippen LogP contribution in [0, 0.1) is 11.8 Å². The molecule has 220 valence electrons. The van der Waals surface area contributed by atoms with Crippen LogP contribution in [0.5, 0.6) is 0 Å². The van der Waals surface area contributed by atoms with Crippen LogP contribution in [0.4, 0.5) is 4.79 Å². The zero-order chi connectivity index (χ0) is 29.9. The zero-order valence-electron chi connectivity index (χ0n) is 23.8. The quantitative estimate of drug-likeness (QED) is 0.311. The molecule has 0 radical (unpaired) electrons. The number of amides is 4. The van der Waals surface area contributed by atoms with Crippen LogP contribution in [-0.4, -0.2) is 64.2 Å². The number of hydrogen-bond donors (Lipinski definition) is 4. The first kappa shape index (κ1) is 31.2. The molecule has 0 saturated heterocycles. The minimum atomic E-state index is -1.20. The second-order valence-electron chi connectivity index (χ2n) is 10.8. The van der Waals surface area contributed by atoms with E-state index >= 15 is 0 Å². The van der Waals surface area contributed by atoms with E-state index in [-0.39, 0.29) is 37.8 Å². The van der Waals surface area contributed by atoms with Crippen LogP contribution in [0.25, 0.3) is 0 Å². The highest BCUT2D eigenvalue weighted by atomic mass is 16.5. The van der Waals surface area contributed by atoms with Crippen LogP contribution in [0.3, 0.4) is 0 Å². The van der Waals surface area contributed by atoms with E-state index < -0.39 is 47.7 Å². The summed E-state index contributed by atoms with van der Waals surface area (Å²) in [5.41, 5.74) is 1.91. The number of ketones is 1. The molecule has 1 aromatic carbocycles. The van der Waals surface area contributed by atoms with Gasteiger partial charge in [-0.25, -0.2) is 4.79 Å². The van der Waals surface area contributed by atoms with Crippen LogP contribution < -0.4 is 21.3 Å². The average molecular weight is 567 g/mol. The van der Waals surface area contributed by atoms with Crippen LogP contribution in [0.2, 0.25) is 0 Å². The van der Waals surface area contributed by atoms with Crippen molar-refractivity contribution in [3.63, 3.8) is 0 Å². The molecule has 3 unspecified atom stereocenters. The van der Waals surface area contributed by atoms with Crippen molar-refractivity contribution in [2.24, 2.45) is 11.8 Å². The monoisotopic (exact) mass is 566 g/mol. The number of nitrogens with zero attached hydrogens (tertiary/aromatic N) is 2. The lowest BCUT2D eigenvalue weighted by molar-refractivity contribution is -0.140. The molecule has 1 aromatic heterocycles. The fourth-order valence-corrected chi connectivity index (χ4v) is 4.30. The maximum absolute atomic E-state index is 13.4. The fourth-order valence-electron chi connectivity index (χ4n) is 4.30. The molecule has 0 fully saturated rings. The van der Waals surface area contributed by atoms with E-state index in [1.165, 1.54) is 6.20 Å². The highest BCUT2D eigenvalue weighted by Gasteiger charge is 2.33. The summed E-state index contributed by atoms with van der Waals surface area (Å²) in [6.07, 6.45) is 2.93. The van der Waals surface area contributed by atoms with Gasteiger partial charge in [0.25, 0.3) is 5.91 Å². The largest absolute Gasteiger partial charge is 0.445 e. The third-order valence-corrected chi connectivity index (χ3v) is 6.45. The molecule has 3 atom stereocenters. The average Bonchev–Trinajstić information content (AvgIpc) is 2.93. The second-order valence-corrected chi connectivity index (χ2v) is 10.8. The highest BCUT2D eigenvalue weighted by molar-refractivity contribution is 6.38. The van der Waals surface area contributed by atoms with Crippen LogP contribution >= 0.6 is 0 Å². The number of Topliss-reactive ketones (excluding diaryl/α,β-unsaturated/α-hetero) is 1. The topological polar surface area (TPSA) is 168 Å². The Bertz CT molecular complexity index is 1240. The molecule has 4 N–H and O–H groups in total. The molecule has 1 aliphatic rings. The number of nitrogens with one attached hydrogen (secondary N) is 4. The second kappa shape index (κ2) is 14.9. The number of alkyl carbamates (subject to hydrolysis) is 1. The van der Waals surface area contributed by atoms with Gasteiger partial charge in [-0.15, -0.1) is 0 Å². The van der Waals surface area contributed by atoms with E-state index in [1.807, 2.05) is 44.2 Å². The highest BCUT2D eigenvalue weighted by Crippen LogP contribution is 2.11. The molecular formula is C29H38N6O6. The van der Waals surface area contributed by atoms with Gasteiger partial charge in [0.05, 0.1) is 11.4 Å². The van der Waals surface area contributed by atoms with Gasteiger partial charge in [0.15, 0.2) is 0 Å². The fraction of sp³-hybridized carbons (Fsp3) is 0.483. The van der Waals surface area contributed by atoms with Gasteiger partial charge in [0.2, 0.25) is 17.6 Å². The molecule has 2 bridgehead atoms. The predicted octanol–water partition coefficient (Wildman–Crippen LogP) is 1.23. The molecule has 3 rings (SSSR count). The first-order valence-electron chi connectivity index (χ1n) is 13.7. The number of fused-ring (bicyclic) bond motifs is 2. The van der Waals surface area contributed by atoms with Crippen LogP contribution in [0.15, 0.2) is 42.7 Å². The molecule has 1 aliphatic heterocycles. The molecule has 2 heterocycles. The maximum atomic E-state index is 13.4. The number of ether oxygens (including phenoxy) is 1. The third kappa shape index (κ3) is 9.66. The lowest BCUT2D eigenvalue weighted by Gasteiger charge is -2.27. The number of carbonyl (C=O) groups is 5. The summed E-state index contributed by atoms with van der Waals surface area (Å²) in [6.45, 7) is 7.52. The van der Waals surface area contributed by atoms with Crippen molar-refractivity contribution in [3.05, 3.63) is 59.7 Å². The molecule has 12 heteroatoms. The maximum Gasteiger partial charge on any atom is 0.408 e. The van der Waals surface area contributed by atoms with Crippen molar-refractivity contribution in [2.45, 2.75) is 71.7 Å². The number of carbonyl (C=O) groups excluding carboxylic acids is 5. The van der Waals surface area contributed by atoms with Crippen molar-refractivity contribution < 1.29 is 28.7 Å². The van der Waals surface area contributed by atoms with Crippen molar-refractivity contribution >= 4 is 29.6 Å².